The molecule has 9 heteroatoms. The molecule has 0 atom stereocenters. The number of anilines is 1. The molecule has 138 valence electrons. The van der Waals surface area contributed by atoms with Crippen molar-refractivity contribution in [3.8, 4) is 0 Å². The minimum Gasteiger partial charge on any atom is -0.477 e. The molecule has 1 aliphatic heterocycles. The van der Waals surface area contributed by atoms with Crippen LogP contribution in [0.15, 0.2) is 23.4 Å². The van der Waals surface area contributed by atoms with Gasteiger partial charge in [0.2, 0.25) is 5.43 Å². The number of aromatic nitrogens is 1. The van der Waals surface area contributed by atoms with Crippen LogP contribution in [0.5, 0.6) is 0 Å². The van der Waals surface area contributed by atoms with E-state index < -0.39 is 34.0 Å². The zero-order chi connectivity index (χ0) is 19.0. The van der Waals surface area contributed by atoms with Crippen LogP contribution in [0.1, 0.15) is 10.4 Å². The zero-order valence-electron chi connectivity index (χ0n) is 13.9. The van der Waals surface area contributed by atoms with Crippen LogP contribution in [0.2, 0.25) is 0 Å². The molecule has 0 spiro atoms. The van der Waals surface area contributed by atoms with Crippen LogP contribution in [0, 0.1) is 11.6 Å². The number of rotatable bonds is 3. The lowest BCUT2D eigenvalue weighted by Crippen LogP contribution is -2.45. The SMILES string of the molecule is CN1CCN(c2c(F)cc3c(=O)c(C(=O)O)cn(/C=C\F)c3c2F)CC1. The Balaban J connectivity index is 2.31. The van der Waals surface area contributed by atoms with Crippen LogP contribution < -0.4 is 10.3 Å². The maximum absolute atomic E-state index is 15.1. The van der Waals surface area contributed by atoms with Gasteiger partial charge in [0.1, 0.15) is 23.4 Å². The van der Waals surface area contributed by atoms with Gasteiger partial charge in [0.05, 0.1) is 10.9 Å². The van der Waals surface area contributed by atoms with Crippen LogP contribution in [-0.2, 0) is 0 Å². The Labute approximate surface area is 146 Å². The van der Waals surface area contributed by atoms with Crippen molar-refractivity contribution in [2.24, 2.45) is 0 Å². The standard InChI is InChI=1S/C17H16F3N3O3/c1-21-4-6-22(7-5-21)15-12(19)8-10-14(13(15)20)23(3-2-18)9-11(16(10)24)17(25)26/h2-3,8-9H,4-7H2,1H3,(H,25,26)/b3-2-. The van der Waals surface area contributed by atoms with Gasteiger partial charge >= 0.3 is 5.97 Å². The monoisotopic (exact) mass is 367 g/mol. The van der Waals surface area contributed by atoms with Gasteiger partial charge in [0, 0.05) is 38.6 Å². The lowest BCUT2D eigenvalue weighted by atomic mass is 10.1. The van der Waals surface area contributed by atoms with Gasteiger partial charge in [-0.2, -0.15) is 0 Å². The van der Waals surface area contributed by atoms with Gasteiger partial charge in [-0.1, -0.05) is 0 Å². The molecule has 0 amide bonds. The summed E-state index contributed by atoms with van der Waals surface area (Å²) in [6, 6.07) is 0.809. The van der Waals surface area contributed by atoms with Crippen molar-refractivity contribution in [3.05, 3.63) is 46.0 Å². The van der Waals surface area contributed by atoms with Gasteiger partial charge in [-0.05, 0) is 13.1 Å². The number of pyridine rings is 1. The number of fused-ring (bicyclic) bond motifs is 1. The minimum absolute atomic E-state index is 0.0773. The molecule has 1 N–H and O–H groups in total. The molecule has 0 unspecified atom stereocenters. The van der Waals surface area contributed by atoms with Gasteiger partial charge in [-0.3, -0.25) is 4.79 Å². The Morgan fingerprint density at radius 2 is 1.88 bits per heavy atom. The second-order valence-corrected chi connectivity index (χ2v) is 6.07. The molecule has 0 saturated carbocycles. The summed E-state index contributed by atoms with van der Waals surface area (Å²) in [5.41, 5.74) is -2.42. The molecule has 0 bridgehead atoms. The van der Waals surface area contributed by atoms with Crippen LogP contribution >= 0.6 is 0 Å². The van der Waals surface area contributed by atoms with E-state index in [-0.39, 0.29) is 17.5 Å². The van der Waals surface area contributed by atoms with Crippen LogP contribution in [0.25, 0.3) is 17.1 Å². The maximum Gasteiger partial charge on any atom is 0.341 e. The summed E-state index contributed by atoms with van der Waals surface area (Å²) in [7, 11) is 1.89. The Bertz CT molecular complexity index is 963. The number of halogens is 3. The third-order valence-electron chi connectivity index (χ3n) is 4.45. The van der Waals surface area contributed by atoms with E-state index in [1.54, 1.807) is 0 Å². The van der Waals surface area contributed by atoms with E-state index in [0.717, 1.165) is 23.0 Å². The highest BCUT2D eigenvalue weighted by atomic mass is 19.1. The first-order valence-electron chi connectivity index (χ1n) is 7.85. The predicted molar refractivity (Wildman–Crippen MR) is 91.2 cm³/mol. The fourth-order valence-corrected chi connectivity index (χ4v) is 3.08. The summed E-state index contributed by atoms with van der Waals surface area (Å²) >= 11 is 0. The van der Waals surface area contributed by atoms with Crippen molar-refractivity contribution in [1.82, 2.24) is 9.47 Å². The van der Waals surface area contributed by atoms with Crippen molar-refractivity contribution >= 4 is 28.8 Å². The Morgan fingerprint density at radius 1 is 1.23 bits per heavy atom. The largest absolute Gasteiger partial charge is 0.477 e. The molecular weight excluding hydrogens is 351 g/mol. The number of hydrogen-bond donors (Lipinski definition) is 1. The zero-order valence-corrected chi connectivity index (χ0v) is 13.9. The van der Waals surface area contributed by atoms with Crippen LogP contribution in [0.4, 0.5) is 18.9 Å². The minimum atomic E-state index is -1.57. The second-order valence-electron chi connectivity index (χ2n) is 6.07. The number of piperazine rings is 1. The Kier molecular flexibility index (Phi) is 4.73. The number of benzene rings is 1. The topological polar surface area (TPSA) is 65.8 Å². The Morgan fingerprint density at radius 3 is 2.46 bits per heavy atom. The van der Waals surface area contributed by atoms with Gasteiger partial charge in [-0.25, -0.2) is 18.0 Å². The first-order valence-corrected chi connectivity index (χ1v) is 7.85. The number of carboxylic acids is 1. The second kappa shape index (κ2) is 6.83. The fraction of sp³-hybridized carbons (Fsp3) is 0.294. The molecule has 1 aliphatic rings. The normalized spacial score (nSPS) is 15.9. The third-order valence-corrected chi connectivity index (χ3v) is 4.45. The average molecular weight is 367 g/mol. The molecule has 0 aliphatic carbocycles. The predicted octanol–water partition coefficient (Wildman–Crippen LogP) is 2.13. The van der Waals surface area contributed by atoms with E-state index in [1.165, 1.54) is 4.90 Å². The molecular formula is C17H16F3N3O3. The van der Waals surface area contributed by atoms with Gasteiger partial charge in [0.15, 0.2) is 5.82 Å². The van der Waals surface area contributed by atoms with Crippen LogP contribution in [-0.4, -0.2) is 53.8 Å². The summed E-state index contributed by atoms with van der Waals surface area (Å²) in [5, 5.41) is 8.65. The van der Waals surface area contributed by atoms with Crippen molar-refractivity contribution in [3.63, 3.8) is 0 Å². The van der Waals surface area contributed by atoms with E-state index in [4.69, 9.17) is 5.11 Å². The van der Waals surface area contributed by atoms with E-state index in [2.05, 4.69) is 0 Å². The molecule has 3 rings (SSSR count). The van der Waals surface area contributed by atoms with Crippen LogP contribution in [0.3, 0.4) is 0 Å². The molecule has 2 aromatic rings. The number of hydrogen-bond acceptors (Lipinski definition) is 4. The van der Waals surface area contributed by atoms with Crippen molar-refractivity contribution in [2.75, 3.05) is 38.1 Å². The molecule has 1 saturated heterocycles. The van der Waals surface area contributed by atoms with E-state index in [0.29, 0.717) is 26.2 Å². The molecule has 1 fully saturated rings. The smallest absolute Gasteiger partial charge is 0.341 e. The highest BCUT2D eigenvalue weighted by molar-refractivity contribution is 5.94. The summed E-state index contributed by atoms with van der Waals surface area (Å²) in [5.74, 6) is -3.56. The number of carbonyl (C=O) groups is 1. The van der Waals surface area contributed by atoms with Crippen molar-refractivity contribution < 1.29 is 23.1 Å². The molecule has 26 heavy (non-hydrogen) atoms. The molecule has 1 aromatic carbocycles. The van der Waals surface area contributed by atoms with E-state index in [9.17, 15) is 18.4 Å². The lowest BCUT2D eigenvalue weighted by Gasteiger charge is -2.34. The summed E-state index contributed by atoms with van der Waals surface area (Å²) < 4.78 is 43.3. The number of carboxylic acid groups (broad SMARTS) is 1. The van der Waals surface area contributed by atoms with E-state index >= 15 is 4.39 Å². The van der Waals surface area contributed by atoms with Crippen molar-refractivity contribution in [2.45, 2.75) is 0 Å². The van der Waals surface area contributed by atoms with Gasteiger partial charge < -0.3 is 19.5 Å². The van der Waals surface area contributed by atoms with Crippen molar-refractivity contribution in [1.29, 1.82) is 0 Å². The summed E-state index contributed by atoms with van der Waals surface area (Å²) in [4.78, 5) is 27.0. The third kappa shape index (κ3) is 2.94. The first kappa shape index (κ1) is 18.0. The summed E-state index contributed by atoms with van der Waals surface area (Å²) in [6.07, 6.45) is 1.66. The molecule has 0 radical (unpaired) electrons. The summed E-state index contributed by atoms with van der Waals surface area (Å²) in [6.45, 7) is 1.97. The molecule has 6 nitrogen and oxygen atoms in total. The Hall–Kier alpha value is -2.81. The lowest BCUT2D eigenvalue weighted by molar-refractivity contribution is 0.0695. The molecule has 2 heterocycles. The first-order chi connectivity index (χ1) is 12.3. The van der Waals surface area contributed by atoms with Gasteiger partial charge in [0.25, 0.3) is 0 Å². The highest BCUT2D eigenvalue weighted by Crippen LogP contribution is 2.30. The quantitative estimate of drug-likeness (QED) is 0.900. The van der Waals surface area contributed by atoms with E-state index in [1.807, 2.05) is 11.9 Å². The average Bonchev–Trinajstić information content (AvgIpc) is 2.58. The fourth-order valence-electron chi connectivity index (χ4n) is 3.08. The molecule has 1 aromatic heterocycles. The highest BCUT2D eigenvalue weighted by Gasteiger charge is 2.26. The number of nitrogens with zero attached hydrogens (tertiary/aromatic N) is 3. The number of aromatic carboxylic acids is 1. The number of likely N-dealkylation sites (N-methyl/N-ethyl adjacent to an activating group) is 1. The maximum atomic E-state index is 15.1. The van der Waals surface area contributed by atoms with Gasteiger partial charge in [-0.15, -0.1) is 0 Å².